The number of anilines is 2. The molecule has 2 aliphatic rings. The van der Waals surface area contributed by atoms with Gasteiger partial charge in [0.2, 0.25) is 5.88 Å². The normalized spacial score (nSPS) is 18.6. The maximum Gasteiger partial charge on any atom is 0.217 e. The maximum atomic E-state index is 12.7. The van der Waals surface area contributed by atoms with E-state index in [1.165, 1.54) is 5.56 Å². The number of hydroxylamine groups is 3. The molecule has 4 rings (SSSR count). The lowest BCUT2D eigenvalue weighted by Gasteiger charge is -2.44. The Morgan fingerprint density at radius 3 is 2.72 bits per heavy atom. The number of rotatable bonds is 8. The van der Waals surface area contributed by atoms with Gasteiger partial charge in [-0.25, -0.2) is 0 Å². The van der Waals surface area contributed by atoms with E-state index in [1.807, 2.05) is 37.3 Å². The zero-order valence-electron chi connectivity index (χ0n) is 18.5. The molecule has 2 fully saturated rings. The van der Waals surface area contributed by atoms with Crippen molar-refractivity contribution in [2.45, 2.75) is 6.92 Å². The van der Waals surface area contributed by atoms with Crippen LogP contribution >= 0.6 is 0 Å². The molecule has 1 aromatic carbocycles. The molecule has 172 valence electrons. The van der Waals surface area contributed by atoms with E-state index in [4.69, 9.17) is 14.2 Å². The summed E-state index contributed by atoms with van der Waals surface area (Å²) in [5.74, 6) is 1.06. The monoisotopic (exact) mass is 441 g/mol. The summed E-state index contributed by atoms with van der Waals surface area (Å²) in [5.41, 5.74) is 6.19. The molecule has 2 aromatic rings. The Hall–Kier alpha value is -2.72. The van der Waals surface area contributed by atoms with E-state index in [9.17, 15) is 5.21 Å². The molecule has 1 N–H and O–H groups in total. The van der Waals surface area contributed by atoms with Crippen molar-refractivity contribution in [2.24, 2.45) is 5.10 Å². The molecule has 0 atom stereocenters. The van der Waals surface area contributed by atoms with E-state index in [0.29, 0.717) is 64.4 Å². The van der Waals surface area contributed by atoms with Crippen LogP contribution < -0.4 is 15.1 Å². The number of hydrogen-bond acceptors (Lipinski definition) is 8. The first-order valence-corrected chi connectivity index (χ1v) is 11.1. The predicted octanol–water partition coefficient (Wildman–Crippen LogP) is 2.40. The fraction of sp³-hybridized carbons (Fsp3) is 0.478. The van der Waals surface area contributed by atoms with Gasteiger partial charge in [0, 0.05) is 30.9 Å². The zero-order chi connectivity index (χ0) is 22.2. The van der Waals surface area contributed by atoms with Gasteiger partial charge in [-0.15, -0.1) is 0 Å². The van der Waals surface area contributed by atoms with E-state index in [2.05, 4.69) is 26.5 Å². The highest BCUT2D eigenvalue weighted by Crippen LogP contribution is 2.25. The molecular formula is C23H31N5O4. The standard InChI is InChI=1S/C23H31N5O4/c1-19-3-2-4-20(15-19)18-24-26-22-16-21(27-5-10-30-11-6-27)17-23(25-22)32-14-9-28(29)7-12-31-13-8-28/h2-4,15-18H,5-14H2,1H3,(H,25,26). The maximum absolute atomic E-state index is 12.7. The largest absolute Gasteiger partial charge is 0.633 e. The molecule has 0 saturated carbocycles. The van der Waals surface area contributed by atoms with Gasteiger partial charge in [-0.05, 0) is 12.5 Å². The van der Waals surface area contributed by atoms with Gasteiger partial charge < -0.3 is 29.0 Å². The Bertz CT molecular complexity index is 911. The number of hydrazone groups is 1. The van der Waals surface area contributed by atoms with Crippen molar-refractivity contribution in [3.63, 3.8) is 0 Å². The van der Waals surface area contributed by atoms with Crippen LogP contribution in [0, 0.1) is 12.1 Å². The topological polar surface area (TPSA) is 91.3 Å². The van der Waals surface area contributed by atoms with Crippen LogP contribution in [0.25, 0.3) is 0 Å². The highest BCUT2D eigenvalue weighted by atomic mass is 16.6. The van der Waals surface area contributed by atoms with Crippen molar-refractivity contribution in [3.05, 3.63) is 52.7 Å². The van der Waals surface area contributed by atoms with E-state index >= 15 is 0 Å². The zero-order valence-corrected chi connectivity index (χ0v) is 18.5. The molecule has 0 bridgehead atoms. The lowest BCUT2D eigenvalue weighted by molar-refractivity contribution is -0.888. The summed E-state index contributed by atoms with van der Waals surface area (Å²) in [5, 5.41) is 17.0. The Morgan fingerprint density at radius 2 is 1.94 bits per heavy atom. The number of hydrogen-bond donors (Lipinski definition) is 1. The fourth-order valence-electron chi connectivity index (χ4n) is 3.77. The van der Waals surface area contributed by atoms with Crippen LogP contribution in [0.15, 0.2) is 41.5 Å². The van der Waals surface area contributed by atoms with Gasteiger partial charge in [-0.2, -0.15) is 10.1 Å². The van der Waals surface area contributed by atoms with Crippen LogP contribution in [0.5, 0.6) is 5.88 Å². The van der Waals surface area contributed by atoms with Crippen molar-refractivity contribution in [3.8, 4) is 5.88 Å². The molecule has 1 aromatic heterocycles. The summed E-state index contributed by atoms with van der Waals surface area (Å²) in [6.45, 7) is 7.63. The van der Waals surface area contributed by atoms with Crippen molar-refractivity contribution in [1.82, 2.24) is 4.98 Å². The van der Waals surface area contributed by atoms with E-state index < -0.39 is 0 Å². The quantitative estimate of drug-likeness (QED) is 0.291. The third-order valence-electron chi connectivity index (χ3n) is 5.63. The number of nitrogens with zero attached hydrogens (tertiary/aromatic N) is 4. The molecule has 0 aliphatic carbocycles. The second-order valence-electron chi connectivity index (χ2n) is 8.12. The molecule has 2 aliphatic heterocycles. The molecular weight excluding hydrogens is 410 g/mol. The average Bonchev–Trinajstić information content (AvgIpc) is 2.80. The van der Waals surface area contributed by atoms with Crippen LogP contribution in [0.1, 0.15) is 11.1 Å². The van der Waals surface area contributed by atoms with Crippen LogP contribution in [0.3, 0.4) is 0 Å². The number of quaternary nitrogens is 1. The lowest BCUT2D eigenvalue weighted by Crippen LogP contribution is -2.52. The van der Waals surface area contributed by atoms with Gasteiger partial charge in [-0.3, -0.25) is 5.43 Å². The summed E-state index contributed by atoms with van der Waals surface area (Å²) in [6.07, 6.45) is 1.76. The van der Waals surface area contributed by atoms with Crippen LogP contribution in [0.2, 0.25) is 0 Å². The number of aryl methyl sites for hydroxylation is 1. The smallest absolute Gasteiger partial charge is 0.217 e. The number of aromatic nitrogens is 1. The first-order valence-electron chi connectivity index (χ1n) is 11.1. The van der Waals surface area contributed by atoms with Gasteiger partial charge >= 0.3 is 0 Å². The molecule has 2 saturated heterocycles. The molecule has 0 radical (unpaired) electrons. The highest BCUT2D eigenvalue weighted by Gasteiger charge is 2.21. The minimum absolute atomic E-state index is 0.283. The third-order valence-corrected chi connectivity index (χ3v) is 5.63. The molecule has 32 heavy (non-hydrogen) atoms. The Morgan fingerprint density at radius 1 is 1.16 bits per heavy atom. The number of morpholine rings is 2. The van der Waals surface area contributed by atoms with Gasteiger partial charge in [0.05, 0.1) is 32.6 Å². The van der Waals surface area contributed by atoms with Gasteiger partial charge in [0.15, 0.2) is 5.82 Å². The Kier molecular flexibility index (Phi) is 7.54. The van der Waals surface area contributed by atoms with Crippen molar-refractivity contribution in [2.75, 3.05) is 76.1 Å². The summed E-state index contributed by atoms with van der Waals surface area (Å²) in [6, 6.07) is 12.0. The first-order chi connectivity index (χ1) is 15.6. The van der Waals surface area contributed by atoms with Crippen molar-refractivity contribution < 1.29 is 18.9 Å². The second kappa shape index (κ2) is 10.7. The van der Waals surface area contributed by atoms with E-state index in [1.54, 1.807) is 6.21 Å². The molecule has 0 spiro atoms. The minimum Gasteiger partial charge on any atom is -0.633 e. The molecule has 3 heterocycles. The summed E-state index contributed by atoms with van der Waals surface area (Å²) >= 11 is 0. The molecule has 0 unspecified atom stereocenters. The van der Waals surface area contributed by atoms with Gasteiger partial charge in [-0.1, -0.05) is 29.8 Å². The predicted molar refractivity (Wildman–Crippen MR) is 124 cm³/mol. The number of pyridine rings is 1. The van der Waals surface area contributed by atoms with Crippen LogP contribution in [-0.2, 0) is 9.47 Å². The number of ether oxygens (including phenoxy) is 3. The van der Waals surface area contributed by atoms with Crippen LogP contribution in [-0.4, -0.2) is 81.6 Å². The average molecular weight is 442 g/mol. The molecule has 9 heteroatoms. The van der Waals surface area contributed by atoms with E-state index in [-0.39, 0.29) is 4.65 Å². The summed E-state index contributed by atoms with van der Waals surface area (Å²) in [4.78, 5) is 6.78. The first kappa shape index (κ1) is 22.5. The number of nitrogens with one attached hydrogen (secondary N) is 1. The van der Waals surface area contributed by atoms with E-state index in [0.717, 1.165) is 24.3 Å². The lowest BCUT2D eigenvalue weighted by atomic mass is 10.2. The van der Waals surface area contributed by atoms with Crippen LogP contribution in [0.4, 0.5) is 11.5 Å². The number of benzene rings is 1. The minimum atomic E-state index is -0.283. The second-order valence-corrected chi connectivity index (χ2v) is 8.12. The molecule has 0 amide bonds. The molecule has 9 nitrogen and oxygen atoms in total. The summed E-state index contributed by atoms with van der Waals surface area (Å²) in [7, 11) is 0. The Balaban J connectivity index is 1.44. The van der Waals surface area contributed by atoms with Gasteiger partial charge in [0.1, 0.15) is 26.2 Å². The highest BCUT2D eigenvalue weighted by molar-refractivity contribution is 5.80. The summed E-state index contributed by atoms with van der Waals surface area (Å²) < 4.78 is 16.4. The third kappa shape index (κ3) is 6.39. The fourth-order valence-corrected chi connectivity index (χ4v) is 3.77. The van der Waals surface area contributed by atoms with Gasteiger partial charge in [0.25, 0.3) is 0 Å². The van der Waals surface area contributed by atoms with Crippen molar-refractivity contribution >= 4 is 17.7 Å². The van der Waals surface area contributed by atoms with Crippen molar-refractivity contribution in [1.29, 1.82) is 0 Å². The SMILES string of the molecule is Cc1cccc(C=NNc2cc(N3CCOCC3)cc(OCC[N+]3([O-])CCOCC3)n2)c1. The Labute approximate surface area is 188 Å².